The van der Waals surface area contributed by atoms with E-state index in [1.54, 1.807) is 18.2 Å². The highest BCUT2D eigenvalue weighted by molar-refractivity contribution is 8.04. The van der Waals surface area contributed by atoms with Crippen LogP contribution < -0.4 is 14.2 Å². The number of ether oxygens (including phenoxy) is 2. The quantitative estimate of drug-likeness (QED) is 0.313. The minimum atomic E-state index is -3.68. The summed E-state index contributed by atoms with van der Waals surface area (Å²) in [4.78, 5) is 13.5. The largest absolute Gasteiger partial charge is 0.496 e. The molecule has 0 saturated carbocycles. The third-order valence-corrected chi connectivity index (χ3v) is 8.63. The molecule has 1 atom stereocenters. The second-order valence-corrected chi connectivity index (χ2v) is 13.1. The van der Waals surface area contributed by atoms with Crippen molar-refractivity contribution in [2.75, 3.05) is 18.2 Å². The summed E-state index contributed by atoms with van der Waals surface area (Å²) in [7, 11) is -2.16. The molecule has 0 radical (unpaired) electrons. The summed E-state index contributed by atoms with van der Waals surface area (Å²) in [5.41, 5.74) is 5.17. The van der Waals surface area contributed by atoms with Gasteiger partial charge in [0, 0.05) is 33.7 Å². The third kappa shape index (κ3) is 5.99. The Morgan fingerprint density at radius 3 is 2.57 bits per heavy atom. The van der Waals surface area contributed by atoms with Gasteiger partial charge in [0.1, 0.15) is 18.1 Å². The van der Waals surface area contributed by atoms with E-state index in [0.29, 0.717) is 15.9 Å². The number of hydrogen-bond acceptors (Lipinski definition) is 8. The summed E-state index contributed by atoms with van der Waals surface area (Å²) >= 11 is 1.53. The molecule has 0 bridgehead atoms. The van der Waals surface area contributed by atoms with Crippen molar-refractivity contribution in [1.29, 1.82) is 0 Å². The molecule has 4 rings (SSSR count). The van der Waals surface area contributed by atoms with Crippen LogP contribution in [-0.4, -0.2) is 38.0 Å². The van der Waals surface area contributed by atoms with E-state index in [1.807, 2.05) is 18.2 Å². The maximum absolute atomic E-state index is 12.9. The Morgan fingerprint density at radius 1 is 1.19 bits per heavy atom. The highest BCUT2D eigenvalue weighted by Crippen LogP contribution is 2.44. The zero-order valence-electron chi connectivity index (χ0n) is 22.0. The molecule has 7 nitrogen and oxygen atoms in total. The second-order valence-electron chi connectivity index (χ2n) is 9.79. The number of carbonyl (C=O) groups excluding carboxylic acids is 1. The molecule has 0 aliphatic carbocycles. The van der Waals surface area contributed by atoms with Crippen molar-refractivity contribution in [3.8, 4) is 22.6 Å². The number of allylic oxidation sites excluding steroid dienone is 2. The van der Waals surface area contributed by atoms with Crippen LogP contribution in [0.5, 0.6) is 11.5 Å². The summed E-state index contributed by atoms with van der Waals surface area (Å²) in [5, 5.41) is 3.92. The summed E-state index contributed by atoms with van der Waals surface area (Å²) in [6, 6.07) is 8.91. The van der Waals surface area contributed by atoms with E-state index in [4.69, 9.17) is 13.7 Å². The van der Waals surface area contributed by atoms with Gasteiger partial charge in [-0.2, -0.15) is 8.42 Å². The summed E-state index contributed by atoms with van der Waals surface area (Å²) in [6.45, 7) is 9.93. The molecule has 2 aromatic rings. The molecule has 2 aliphatic rings. The van der Waals surface area contributed by atoms with Crippen LogP contribution in [0.1, 0.15) is 52.2 Å². The van der Waals surface area contributed by atoms with Crippen LogP contribution in [0.25, 0.3) is 16.7 Å². The lowest BCUT2D eigenvalue weighted by atomic mass is 9.85. The van der Waals surface area contributed by atoms with Gasteiger partial charge in [-0.3, -0.25) is 0 Å². The molecule has 1 N–H and O–H groups in total. The molecule has 0 fully saturated rings. The van der Waals surface area contributed by atoms with Gasteiger partial charge in [0.2, 0.25) is 0 Å². The molecule has 2 aromatic carbocycles. The van der Waals surface area contributed by atoms with E-state index in [1.165, 1.54) is 25.8 Å². The number of benzene rings is 2. The summed E-state index contributed by atoms with van der Waals surface area (Å²) in [6.07, 6.45) is 4.94. The summed E-state index contributed by atoms with van der Waals surface area (Å²) in [5.74, 6) is 0.154. The number of thioether (sulfide) groups is 1. The lowest BCUT2D eigenvalue weighted by Crippen LogP contribution is -2.32. The minimum Gasteiger partial charge on any atom is -0.496 e. The van der Waals surface area contributed by atoms with Gasteiger partial charge in [-0.05, 0) is 63.5 Å². The van der Waals surface area contributed by atoms with Crippen LogP contribution >= 0.6 is 11.8 Å². The first kappa shape index (κ1) is 27.1. The molecule has 0 saturated heterocycles. The fraction of sp³-hybridized carbons (Fsp3) is 0.393. The highest BCUT2D eigenvalue weighted by atomic mass is 32.2. The van der Waals surface area contributed by atoms with E-state index < -0.39 is 10.1 Å². The van der Waals surface area contributed by atoms with Crippen molar-refractivity contribution in [3.63, 3.8) is 0 Å². The Kier molecular flexibility index (Phi) is 7.67. The molecule has 2 heterocycles. The van der Waals surface area contributed by atoms with E-state index in [9.17, 15) is 13.2 Å². The Balaban J connectivity index is 1.78. The van der Waals surface area contributed by atoms with Crippen LogP contribution in [0.4, 0.5) is 5.69 Å². The van der Waals surface area contributed by atoms with Gasteiger partial charge in [0.05, 0.1) is 23.3 Å². The summed E-state index contributed by atoms with van der Waals surface area (Å²) < 4.78 is 40.6. The molecule has 0 amide bonds. The van der Waals surface area contributed by atoms with Crippen molar-refractivity contribution >= 4 is 39.1 Å². The van der Waals surface area contributed by atoms with Gasteiger partial charge < -0.3 is 19.0 Å². The minimum absolute atomic E-state index is 0.0720. The number of anilines is 1. The number of hydrogen-bond donors (Lipinski definition) is 1. The van der Waals surface area contributed by atoms with E-state index >= 15 is 0 Å². The zero-order chi connectivity index (χ0) is 27.0. The SMILES string of the molecule is CCS(=O)(=O)Oc1ccc(-c2ccc3c(c2COC(=O)C2=CCC(C)S2)C(C)=CC(C)(C)N3)c(OC)c1. The standard InChI is InChI=1S/C28H33NO6S2/c1-7-37(31,32)35-19-9-10-21(24(14-19)33-6)20-11-12-23-26(17(2)15-28(4,5)29-23)22(20)16-34-27(30)25-13-8-18(3)36-25/h9-15,18,29H,7-8,16H2,1-6H3. The van der Waals surface area contributed by atoms with Crippen LogP contribution in [-0.2, 0) is 26.3 Å². The first-order valence-corrected chi connectivity index (χ1v) is 14.7. The van der Waals surface area contributed by atoms with Crippen molar-refractivity contribution in [2.45, 2.75) is 58.4 Å². The number of rotatable bonds is 8. The fourth-order valence-corrected chi connectivity index (χ4v) is 6.17. The van der Waals surface area contributed by atoms with Gasteiger partial charge >= 0.3 is 16.1 Å². The van der Waals surface area contributed by atoms with Gasteiger partial charge in [-0.15, -0.1) is 11.8 Å². The molecule has 37 heavy (non-hydrogen) atoms. The first-order valence-electron chi connectivity index (χ1n) is 12.2. The molecule has 198 valence electrons. The van der Waals surface area contributed by atoms with Crippen molar-refractivity contribution < 1.29 is 26.9 Å². The monoisotopic (exact) mass is 543 g/mol. The van der Waals surface area contributed by atoms with E-state index in [-0.39, 0.29) is 29.6 Å². The van der Waals surface area contributed by atoms with Gasteiger partial charge in [-0.1, -0.05) is 25.1 Å². The van der Waals surface area contributed by atoms with Crippen molar-refractivity contribution in [2.24, 2.45) is 0 Å². The molecular formula is C28H33NO6S2. The van der Waals surface area contributed by atoms with Gasteiger partial charge in [-0.25, -0.2) is 4.79 Å². The molecular weight excluding hydrogens is 510 g/mol. The predicted octanol–water partition coefficient (Wildman–Crippen LogP) is 6.15. The lowest BCUT2D eigenvalue weighted by molar-refractivity contribution is -0.139. The topological polar surface area (TPSA) is 90.9 Å². The maximum Gasteiger partial charge on any atom is 0.344 e. The van der Waals surface area contributed by atoms with Gasteiger partial charge in [0.15, 0.2) is 0 Å². The first-order chi connectivity index (χ1) is 17.4. The van der Waals surface area contributed by atoms with Crippen LogP contribution in [0.15, 0.2) is 47.4 Å². The number of esters is 1. The van der Waals surface area contributed by atoms with E-state index in [2.05, 4.69) is 39.1 Å². The molecule has 0 aromatic heterocycles. The van der Waals surface area contributed by atoms with Crippen LogP contribution in [0.3, 0.4) is 0 Å². The predicted molar refractivity (Wildman–Crippen MR) is 149 cm³/mol. The maximum atomic E-state index is 12.9. The Hall–Kier alpha value is -2.91. The molecule has 9 heteroatoms. The second kappa shape index (κ2) is 10.5. The number of methoxy groups -OCH3 is 1. The van der Waals surface area contributed by atoms with Gasteiger partial charge in [0.25, 0.3) is 0 Å². The fourth-order valence-electron chi connectivity index (χ4n) is 4.68. The number of fused-ring (bicyclic) bond motifs is 1. The number of carbonyl (C=O) groups is 1. The third-order valence-electron chi connectivity index (χ3n) is 6.29. The number of nitrogens with one attached hydrogen (secondary N) is 1. The smallest absolute Gasteiger partial charge is 0.344 e. The average molecular weight is 544 g/mol. The molecule has 0 spiro atoms. The lowest BCUT2D eigenvalue weighted by Gasteiger charge is -2.33. The Morgan fingerprint density at radius 2 is 1.92 bits per heavy atom. The van der Waals surface area contributed by atoms with Crippen LogP contribution in [0, 0.1) is 0 Å². The molecule has 1 unspecified atom stereocenters. The van der Waals surface area contributed by atoms with Crippen LogP contribution in [0.2, 0.25) is 0 Å². The van der Waals surface area contributed by atoms with Crippen molar-refractivity contribution in [1.82, 2.24) is 0 Å². The normalized spacial score (nSPS) is 18.3. The molecule has 2 aliphatic heterocycles. The van der Waals surface area contributed by atoms with E-state index in [0.717, 1.165) is 39.9 Å². The van der Waals surface area contributed by atoms with Crippen molar-refractivity contribution in [3.05, 3.63) is 58.5 Å². The average Bonchev–Trinajstić information content (AvgIpc) is 3.27. The highest BCUT2D eigenvalue weighted by Gasteiger charge is 2.28. The Bertz CT molecular complexity index is 1390. The zero-order valence-corrected chi connectivity index (χ0v) is 23.6. The Labute approximate surface area is 223 Å².